The Kier molecular flexibility index (Phi) is 11.1. The number of amides is 3. The van der Waals surface area contributed by atoms with Gasteiger partial charge in [0.2, 0.25) is 17.7 Å². The van der Waals surface area contributed by atoms with Gasteiger partial charge < -0.3 is 36.9 Å². The molecule has 8 N–H and O–H groups in total. The third kappa shape index (κ3) is 8.81. The normalized spacial score (nSPS) is 14.3. The number of carboxylic acids is 1. The highest BCUT2D eigenvalue weighted by atomic mass is 16.4. The van der Waals surface area contributed by atoms with E-state index in [1.165, 1.54) is 12.1 Å². The van der Waals surface area contributed by atoms with Gasteiger partial charge in [-0.25, -0.2) is 4.79 Å². The minimum Gasteiger partial charge on any atom is -0.508 e. The van der Waals surface area contributed by atoms with Crippen LogP contribution in [0.5, 0.6) is 5.75 Å². The molecule has 0 aliphatic carbocycles. The summed E-state index contributed by atoms with van der Waals surface area (Å²) in [5, 5.41) is 28.2. The van der Waals surface area contributed by atoms with Crippen LogP contribution in [0.1, 0.15) is 45.2 Å². The predicted octanol–water partition coefficient (Wildman–Crippen LogP) is 2.23. The second-order valence-corrected chi connectivity index (χ2v) is 11.4. The number of carbonyl (C=O) groups is 4. The molecule has 2 aromatic carbocycles. The first-order chi connectivity index (χ1) is 19.8. The Morgan fingerprint density at radius 1 is 0.833 bits per heavy atom. The average molecular weight is 580 g/mol. The molecule has 11 heteroatoms. The molecule has 0 fully saturated rings. The number of rotatable bonds is 14. The lowest BCUT2D eigenvalue weighted by Gasteiger charge is -2.26. The van der Waals surface area contributed by atoms with Crippen LogP contribution in [0.3, 0.4) is 0 Å². The molecule has 1 heterocycles. The molecule has 3 aromatic rings. The Morgan fingerprint density at radius 3 is 2.05 bits per heavy atom. The maximum Gasteiger partial charge on any atom is 0.326 e. The van der Waals surface area contributed by atoms with Crippen LogP contribution in [0.2, 0.25) is 0 Å². The van der Waals surface area contributed by atoms with E-state index in [0.29, 0.717) is 12.0 Å². The van der Waals surface area contributed by atoms with E-state index in [-0.39, 0.29) is 24.5 Å². The third-order valence-corrected chi connectivity index (χ3v) is 7.03. The van der Waals surface area contributed by atoms with Crippen LogP contribution in [0, 0.1) is 11.8 Å². The summed E-state index contributed by atoms with van der Waals surface area (Å²) in [7, 11) is 0. The van der Waals surface area contributed by atoms with Crippen LogP contribution in [-0.4, -0.2) is 63.1 Å². The molecule has 3 amide bonds. The van der Waals surface area contributed by atoms with Crippen molar-refractivity contribution >= 4 is 34.6 Å². The van der Waals surface area contributed by atoms with Crippen LogP contribution >= 0.6 is 0 Å². The van der Waals surface area contributed by atoms with E-state index in [1.54, 1.807) is 32.2 Å². The molecule has 0 radical (unpaired) electrons. The van der Waals surface area contributed by atoms with E-state index in [0.717, 1.165) is 16.5 Å². The molecule has 11 nitrogen and oxygen atoms in total. The summed E-state index contributed by atoms with van der Waals surface area (Å²) in [6.07, 6.45) is 2.33. The first-order valence-electron chi connectivity index (χ1n) is 14.1. The first kappa shape index (κ1) is 32.1. The second kappa shape index (κ2) is 14.5. The Bertz CT molecular complexity index is 1380. The van der Waals surface area contributed by atoms with Crippen LogP contribution in [-0.2, 0) is 32.0 Å². The number of carbonyl (C=O) groups excluding carboxylic acids is 3. The Morgan fingerprint density at radius 2 is 1.43 bits per heavy atom. The monoisotopic (exact) mass is 579 g/mol. The van der Waals surface area contributed by atoms with Crippen molar-refractivity contribution in [1.82, 2.24) is 20.9 Å². The molecule has 4 unspecified atom stereocenters. The maximum absolute atomic E-state index is 13.8. The predicted molar refractivity (Wildman–Crippen MR) is 160 cm³/mol. The van der Waals surface area contributed by atoms with Crippen molar-refractivity contribution in [3.05, 3.63) is 65.9 Å². The number of phenols is 1. The summed E-state index contributed by atoms with van der Waals surface area (Å²) < 4.78 is 0. The van der Waals surface area contributed by atoms with Gasteiger partial charge in [0.1, 0.15) is 23.9 Å². The molecule has 1 aromatic heterocycles. The number of para-hydroxylation sites is 1. The molecule has 42 heavy (non-hydrogen) atoms. The molecule has 3 rings (SSSR count). The fraction of sp³-hybridized carbons (Fsp3) is 0.419. The highest BCUT2D eigenvalue weighted by molar-refractivity contribution is 5.95. The molecule has 0 saturated carbocycles. The van der Waals surface area contributed by atoms with Crippen molar-refractivity contribution in [3.63, 3.8) is 0 Å². The van der Waals surface area contributed by atoms with Crippen molar-refractivity contribution in [1.29, 1.82) is 0 Å². The number of benzene rings is 2. The zero-order valence-corrected chi connectivity index (χ0v) is 24.4. The lowest BCUT2D eigenvalue weighted by Crippen LogP contribution is -2.58. The smallest absolute Gasteiger partial charge is 0.326 e. The van der Waals surface area contributed by atoms with Crippen LogP contribution in [0.4, 0.5) is 0 Å². The number of fused-ring (bicyclic) bond motifs is 1. The fourth-order valence-electron chi connectivity index (χ4n) is 4.74. The SMILES string of the molecule is CC(C)CC(N)C(=O)NC(Cc1c[nH]c2ccccc12)C(=O)NC(Cc1ccc(O)cc1)C(=O)NC(C(=O)O)C(C)C. The molecule has 0 bridgehead atoms. The highest BCUT2D eigenvalue weighted by Crippen LogP contribution is 2.20. The molecule has 4 atom stereocenters. The van der Waals surface area contributed by atoms with Gasteiger partial charge in [-0.2, -0.15) is 0 Å². The molecular weight excluding hydrogens is 538 g/mol. The Hall–Kier alpha value is -4.38. The van der Waals surface area contributed by atoms with Crippen LogP contribution < -0.4 is 21.7 Å². The highest BCUT2D eigenvalue weighted by Gasteiger charge is 2.32. The quantitative estimate of drug-likeness (QED) is 0.152. The van der Waals surface area contributed by atoms with Crippen molar-refractivity contribution in [2.24, 2.45) is 17.6 Å². The zero-order valence-electron chi connectivity index (χ0n) is 24.4. The van der Waals surface area contributed by atoms with E-state index in [1.807, 2.05) is 38.1 Å². The lowest BCUT2D eigenvalue weighted by atomic mass is 9.99. The van der Waals surface area contributed by atoms with Gasteiger partial charge in [0.05, 0.1) is 6.04 Å². The zero-order chi connectivity index (χ0) is 31.0. The van der Waals surface area contributed by atoms with Gasteiger partial charge in [-0.05, 0) is 47.6 Å². The lowest BCUT2D eigenvalue weighted by molar-refractivity contribution is -0.143. The number of H-pyrrole nitrogens is 1. The second-order valence-electron chi connectivity index (χ2n) is 11.4. The van der Waals surface area contributed by atoms with E-state index < -0.39 is 53.8 Å². The summed E-state index contributed by atoms with van der Waals surface area (Å²) in [5.74, 6) is -3.22. The Labute approximate surface area is 245 Å². The van der Waals surface area contributed by atoms with Gasteiger partial charge in [-0.15, -0.1) is 0 Å². The standard InChI is InChI=1S/C31H41N5O6/c1-17(2)13-23(32)28(38)34-26(15-20-16-33-24-8-6-5-7-22(20)24)29(39)35-25(14-19-9-11-21(37)12-10-19)30(40)36-27(18(3)4)31(41)42/h5-12,16-18,23,25-27,33,37H,13-15,32H2,1-4H3,(H,34,38)(H,35,39)(H,36,40)(H,41,42). The molecule has 0 spiro atoms. The van der Waals surface area contributed by atoms with Crippen molar-refractivity contribution < 1.29 is 29.4 Å². The fourth-order valence-corrected chi connectivity index (χ4v) is 4.74. The molecule has 0 aliphatic heterocycles. The summed E-state index contributed by atoms with van der Waals surface area (Å²) in [4.78, 5) is 55.1. The number of nitrogens with one attached hydrogen (secondary N) is 4. The van der Waals surface area contributed by atoms with Crippen molar-refractivity contribution in [2.75, 3.05) is 0 Å². The summed E-state index contributed by atoms with van der Waals surface area (Å²) in [6.45, 7) is 7.22. The van der Waals surface area contributed by atoms with E-state index in [2.05, 4.69) is 20.9 Å². The largest absolute Gasteiger partial charge is 0.508 e. The number of phenolic OH excluding ortho intramolecular Hbond substituents is 1. The number of aromatic hydroxyl groups is 1. The molecule has 0 saturated heterocycles. The van der Waals surface area contributed by atoms with Gasteiger partial charge >= 0.3 is 5.97 Å². The van der Waals surface area contributed by atoms with Gasteiger partial charge in [-0.3, -0.25) is 14.4 Å². The number of hydrogen-bond donors (Lipinski definition) is 7. The van der Waals surface area contributed by atoms with Gasteiger partial charge in [0, 0.05) is 29.9 Å². The molecule has 0 aliphatic rings. The number of nitrogens with two attached hydrogens (primary N) is 1. The number of hydrogen-bond acceptors (Lipinski definition) is 6. The summed E-state index contributed by atoms with van der Waals surface area (Å²) in [5.41, 5.74) is 8.40. The number of carboxylic acid groups (broad SMARTS) is 1. The van der Waals surface area contributed by atoms with Gasteiger partial charge in [-0.1, -0.05) is 58.0 Å². The van der Waals surface area contributed by atoms with Crippen LogP contribution in [0.15, 0.2) is 54.7 Å². The summed E-state index contributed by atoms with van der Waals surface area (Å²) in [6, 6.07) is 9.43. The van der Waals surface area contributed by atoms with Gasteiger partial charge in [0.25, 0.3) is 0 Å². The maximum atomic E-state index is 13.8. The minimum absolute atomic E-state index is 0.0168. The molecule has 226 valence electrons. The van der Waals surface area contributed by atoms with Crippen molar-refractivity contribution in [3.8, 4) is 5.75 Å². The molecular formula is C31H41N5O6. The average Bonchev–Trinajstić information content (AvgIpc) is 3.33. The van der Waals surface area contributed by atoms with Crippen molar-refractivity contribution in [2.45, 2.75) is 71.1 Å². The minimum atomic E-state index is -1.20. The topological polar surface area (TPSA) is 187 Å². The number of aliphatic carboxylic acids is 1. The van der Waals surface area contributed by atoms with Crippen LogP contribution in [0.25, 0.3) is 10.9 Å². The summed E-state index contributed by atoms with van der Waals surface area (Å²) >= 11 is 0. The van der Waals surface area contributed by atoms with Gasteiger partial charge in [0.15, 0.2) is 0 Å². The third-order valence-electron chi connectivity index (χ3n) is 7.03. The first-order valence-corrected chi connectivity index (χ1v) is 14.1. The van der Waals surface area contributed by atoms with E-state index >= 15 is 0 Å². The number of aromatic nitrogens is 1. The Balaban J connectivity index is 1.91. The number of aromatic amines is 1. The van der Waals surface area contributed by atoms with E-state index in [9.17, 15) is 29.4 Å². The van der Waals surface area contributed by atoms with E-state index in [4.69, 9.17) is 5.73 Å².